The van der Waals surface area contributed by atoms with Crippen LogP contribution in [0.3, 0.4) is 0 Å². The van der Waals surface area contributed by atoms with E-state index in [4.69, 9.17) is 0 Å². The number of anilines is 3. The highest BCUT2D eigenvalue weighted by Gasteiger charge is 2.24. The van der Waals surface area contributed by atoms with Gasteiger partial charge in [0.2, 0.25) is 0 Å². The van der Waals surface area contributed by atoms with Crippen molar-refractivity contribution in [2.24, 2.45) is 0 Å². The van der Waals surface area contributed by atoms with Gasteiger partial charge < -0.3 is 4.90 Å². The average molecular weight is 572 g/mol. The van der Waals surface area contributed by atoms with Crippen LogP contribution in [0.25, 0.3) is 53.2 Å². The maximum absolute atomic E-state index is 16.9. The van der Waals surface area contributed by atoms with Crippen molar-refractivity contribution in [2.45, 2.75) is 0 Å². The number of rotatable bonds is 5. The van der Waals surface area contributed by atoms with E-state index in [1.165, 1.54) is 20.2 Å². The average Bonchev–Trinajstić information content (AvgIpc) is 3.44. The van der Waals surface area contributed by atoms with Crippen LogP contribution in [0.15, 0.2) is 158 Å². The van der Waals surface area contributed by atoms with E-state index in [1.807, 2.05) is 60.7 Å². The van der Waals surface area contributed by atoms with Crippen molar-refractivity contribution in [1.82, 2.24) is 0 Å². The molecule has 1 aromatic heterocycles. The standard InChI is InChI=1S/C40H26FNS/c41-36-25-30(27-12-3-1-4-13-27)24-35(29-14-5-2-6-15-29)40(36)42(37-20-11-17-28-16-7-8-18-32(28)37)31-22-23-34-33-19-9-10-21-38(33)43-39(34)26-31/h1-26H. The van der Waals surface area contributed by atoms with Crippen molar-refractivity contribution >= 4 is 59.3 Å². The third-order valence-electron chi connectivity index (χ3n) is 8.11. The van der Waals surface area contributed by atoms with E-state index in [1.54, 1.807) is 17.4 Å². The van der Waals surface area contributed by atoms with E-state index in [0.717, 1.165) is 44.4 Å². The summed E-state index contributed by atoms with van der Waals surface area (Å²) in [7, 11) is 0. The molecular weight excluding hydrogens is 546 g/mol. The van der Waals surface area contributed by atoms with Crippen LogP contribution in [0.4, 0.5) is 21.5 Å². The Morgan fingerprint density at radius 1 is 0.465 bits per heavy atom. The van der Waals surface area contributed by atoms with Crippen LogP contribution in [-0.2, 0) is 0 Å². The molecule has 7 aromatic carbocycles. The SMILES string of the molecule is Fc1cc(-c2ccccc2)cc(-c2ccccc2)c1N(c1ccc2c(c1)sc1ccccc12)c1cccc2ccccc12. The summed E-state index contributed by atoms with van der Waals surface area (Å²) in [5.74, 6) is -0.274. The van der Waals surface area contributed by atoms with Crippen LogP contribution in [0.1, 0.15) is 0 Å². The first kappa shape index (κ1) is 25.5. The predicted octanol–water partition coefficient (Wildman–Crippen LogP) is 12.2. The number of fused-ring (bicyclic) bond motifs is 4. The van der Waals surface area contributed by atoms with Crippen LogP contribution >= 0.6 is 11.3 Å². The van der Waals surface area contributed by atoms with Crippen molar-refractivity contribution in [1.29, 1.82) is 0 Å². The van der Waals surface area contributed by atoms with Gasteiger partial charge in [-0.3, -0.25) is 0 Å². The topological polar surface area (TPSA) is 3.24 Å². The molecule has 0 atom stereocenters. The van der Waals surface area contributed by atoms with Crippen LogP contribution in [0.2, 0.25) is 0 Å². The first-order chi connectivity index (χ1) is 21.2. The van der Waals surface area contributed by atoms with Crippen molar-refractivity contribution in [2.75, 3.05) is 4.90 Å². The van der Waals surface area contributed by atoms with Gasteiger partial charge in [0.1, 0.15) is 5.82 Å². The van der Waals surface area contributed by atoms with Crippen LogP contribution in [-0.4, -0.2) is 0 Å². The molecule has 0 fully saturated rings. The third-order valence-corrected chi connectivity index (χ3v) is 9.24. The van der Waals surface area contributed by atoms with Gasteiger partial charge in [0.15, 0.2) is 0 Å². The quantitative estimate of drug-likeness (QED) is 0.199. The van der Waals surface area contributed by atoms with Gasteiger partial charge in [-0.1, -0.05) is 121 Å². The van der Waals surface area contributed by atoms with E-state index in [2.05, 4.69) is 95.9 Å². The van der Waals surface area contributed by atoms with E-state index in [-0.39, 0.29) is 5.82 Å². The summed E-state index contributed by atoms with van der Waals surface area (Å²) in [6.07, 6.45) is 0. The van der Waals surface area contributed by atoms with Gasteiger partial charge in [-0.2, -0.15) is 0 Å². The number of halogens is 1. The molecule has 204 valence electrons. The minimum absolute atomic E-state index is 0.274. The molecule has 0 radical (unpaired) electrons. The highest BCUT2D eigenvalue weighted by molar-refractivity contribution is 7.25. The molecule has 1 heterocycles. The molecule has 0 N–H and O–H groups in total. The Kier molecular flexibility index (Phi) is 6.24. The Hall–Kier alpha value is -5.25. The summed E-state index contributed by atoms with van der Waals surface area (Å²) < 4.78 is 19.4. The molecule has 0 saturated heterocycles. The second-order valence-corrected chi connectivity index (χ2v) is 11.8. The summed E-state index contributed by atoms with van der Waals surface area (Å²) in [4.78, 5) is 2.11. The largest absolute Gasteiger partial charge is 0.306 e. The molecule has 43 heavy (non-hydrogen) atoms. The number of hydrogen-bond donors (Lipinski definition) is 0. The zero-order valence-corrected chi connectivity index (χ0v) is 24.1. The highest BCUT2D eigenvalue weighted by Crippen LogP contribution is 2.47. The van der Waals surface area contributed by atoms with Crippen LogP contribution < -0.4 is 4.90 Å². The van der Waals surface area contributed by atoms with Gasteiger partial charge >= 0.3 is 0 Å². The molecule has 8 aromatic rings. The minimum Gasteiger partial charge on any atom is -0.306 e. The number of nitrogens with zero attached hydrogens (tertiary/aromatic N) is 1. The summed E-state index contributed by atoms with van der Waals surface area (Å²) in [6.45, 7) is 0. The number of thiophene rings is 1. The number of hydrogen-bond acceptors (Lipinski definition) is 2. The molecule has 0 spiro atoms. The Morgan fingerprint density at radius 2 is 1.12 bits per heavy atom. The first-order valence-electron chi connectivity index (χ1n) is 14.4. The fraction of sp³-hybridized carbons (Fsp3) is 0. The van der Waals surface area contributed by atoms with Gasteiger partial charge in [0, 0.05) is 36.8 Å². The Labute approximate surface area is 253 Å². The van der Waals surface area contributed by atoms with Crippen molar-refractivity contribution in [3.05, 3.63) is 164 Å². The molecule has 3 heteroatoms. The lowest BCUT2D eigenvalue weighted by Gasteiger charge is -2.30. The second kappa shape index (κ2) is 10.5. The zero-order valence-electron chi connectivity index (χ0n) is 23.2. The Bertz CT molecular complexity index is 2250. The summed E-state index contributed by atoms with van der Waals surface area (Å²) in [5, 5.41) is 4.63. The maximum atomic E-state index is 16.9. The Balaban J connectivity index is 1.45. The molecule has 0 bridgehead atoms. The molecule has 0 saturated carbocycles. The molecule has 0 aliphatic rings. The van der Waals surface area contributed by atoms with Crippen molar-refractivity contribution in [3.8, 4) is 22.3 Å². The molecule has 0 aliphatic heterocycles. The van der Waals surface area contributed by atoms with Gasteiger partial charge in [-0.25, -0.2) is 4.39 Å². The summed E-state index contributed by atoms with van der Waals surface area (Å²) in [6, 6.07) is 53.6. The van der Waals surface area contributed by atoms with Gasteiger partial charge in [0.25, 0.3) is 0 Å². The van der Waals surface area contributed by atoms with Gasteiger partial charge in [0.05, 0.1) is 11.4 Å². The van der Waals surface area contributed by atoms with Crippen molar-refractivity contribution in [3.63, 3.8) is 0 Å². The van der Waals surface area contributed by atoms with Gasteiger partial charge in [-0.05, 0) is 58.5 Å². The summed E-state index contributed by atoms with van der Waals surface area (Å²) >= 11 is 1.77. The normalized spacial score (nSPS) is 11.4. The van der Waals surface area contributed by atoms with E-state index in [0.29, 0.717) is 5.69 Å². The van der Waals surface area contributed by atoms with E-state index in [9.17, 15) is 0 Å². The third kappa shape index (κ3) is 4.46. The van der Waals surface area contributed by atoms with E-state index >= 15 is 4.39 Å². The second-order valence-electron chi connectivity index (χ2n) is 10.7. The lowest BCUT2D eigenvalue weighted by Crippen LogP contribution is -2.14. The lowest BCUT2D eigenvalue weighted by atomic mass is 9.95. The Morgan fingerprint density at radius 3 is 1.93 bits per heavy atom. The fourth-order valence-corrected chi connectivity index (χ4v) is 7.25. The summed E-state index contributed by atoms with van der Waals surface area (Å²) in [5.41, 5.74) is 6.00. The van der Waals surface area contributed by atoms with Gasteiger partial charge in [-0.15, -0.1) is 11.3 Å². The van der Waals surface area contributed by atoms with Crippen molar-refractivity contribution < 1.29 is 4.39 Å². The number of benzene rings is 7. The van der Waals surface area contributed by atoms with E-state index < -0.39 is 0 Å². The maximum Gasteiger partial charge on any atom is 0.148 e. The zero-order chi connectivity index (χ0) is 28.8. The molecule has 0 amide bonds. The predicted molar refractivity (Wildman–Crippen MR) is 182 cm³/mol. The molecule has 0 aliphatic carbocycles. The molecule has 1 nitrogen and oxygen atoms in total. The van der Waals surface area contributed by atoms with Crippen LogP contribution in [0, 0.1) is 5.82 Å². The first-order valence-corrected chi connectivity index (χ1v) is 15.2. The minimum atomic E-state index is -0.274. The fourth-order valence-electron chi connectivity index (χ4n) is 6.11. The molecule has 0 unspecified atom stereocenters. The van der Waals surface area contributed by atoms with Crippen LogP contribution in [0.5, 0.6) is 0 Å². The lowest BCUT2D eigenvalue weighted by molar-refractivity contribution is 0.630. The monoisotopic (exact) mass is 571 g/mol. The molecule has 8 rings (SSSR count). The smallest absolute Gasteiger partial charge is 0.148 e. The highest BCUT2D eigenvalue weighted by atomic mass is 32.1. The molecular formula is C40H26FNS.